The zero-order valence-corrected chi connectivity index (χ0v) is 16.6. The van der Waals surface area contributed by atoms with E-state index in [2.05, 4.69) is 10.4 Å². The number of methoxy groups -OCH3 is 2. The molecular formula is C22H23N3O4. The Kier molecular flexibility index (Phi) is 6.29. The summed E-state index contributed by atoms with van der Waals surface area (Å²) in [6, 6.07) is 16.3. The summed E-state index contributed by atoms with van der Waals surface area (Å²) in [5.41, 5.74) is 2.25. The van der Waals surface area contributed by atoms with Crippen LogP contribution in [0.4, 0.5) is 0 Å². The number of aryl methyl sites for hydroxylation is 1. The molecular weight excluding hydrogens is 370 g/mol. The topological polar surface area (TPSA) is 82.5 Å². The van der Waals surface area contributed by atoms with Crippen LogP contribution < -0.4 is 20.3 Å². The van der Waals surface area contributed by atoms with E-state index in [-0.39, 0.29) is 17.0 Å². The number of rotatable bonds is 7. The van der Waals surface area contributed by atoms with Crippen molar-refractivity contribution in [2.45, 2.75) is 13.3 Å². The molecule has 3 aromatic rings. The zero-order chi connectivity index (χ0) is 20.8. The molecule has 0 aliphatic carbocycles. The summed E-state index contributed by atoms with van der Waals surface area (Å²) < 4.78 is 11.6. The lowest BCUT2D eigenvalue weighted by Gasteiger charge is -2.13. The minimum atomic E-state index is -0.405. The Labute approximate surface area is 168 Å². The molecule has 0 atom stereocenters. The van der Waals surface area contributed by atoms with Crippen LogP contribution in [0.15, 0.2) is 59.4 Å². The molecule has 0 aliphatic heterocycles. The van der Waals surface area contributed by atoms with Gasteiger partial charge in [0.25, 0.3) is 11.5 Å². The predicted molar refractivity (Wildman–Crippen MR) is 110 cm³/mol. The first-order valence-corrected chi connectivity index (χ1v) is 9.19. The molecule has 1 heterocycles. The van der Waals surface area contributed by atoms with Crippen molar-refractivity contribution >= 4 is 5.91 Å². The molecule has 150 valence electrons. The van der Waals surface area contributed by atoms with Gasteiger partial charge in [-0.3, -0.25) is 9.59 Å². The van der Waals surface area contributed by atoms with Crippen LogP contribution in [0.2, 0.25) is 0 Å². The average molecular weight is 393 g/mol. The van der Waals surface area contributed by atoms with Gasteiger partial charge < -0.3 is 14.8 Å². The van der Waals surface area contributed by atoms with E-state index in [1.807, 2.05) is 49.4 Å². The van der Waals surface area contributed by atoms with Crippen molar-refractivity contribution in [3.63, 3.8) is 0 Å². The molecule has 0 aliphatic rings. The SMILES string of the molecule is COc1ccc(CCNC(=O)c2nn(-c3ccccc3C)c(=O)cc2OC)cc1. The second-order valence-corrected chi connectivity index (χ2v) is 6.45. The lowest BCUT2D eigenvalue weighted by molar-refractivity contribution is 0.0943. The van der Waals surface area contributed by atoms with E-state index in [9.17, 15) is 9.59 Å². The molecule has 0 saturated carbocycles. The number of aromatic nitrogens is 2. The number of benzene rings is 2. The number of hydrogen-bond donors (Lipinski definition) is 1. The second-order valence-electron chi connectivity index (χ2n) is 6.45. The molecule has 1 aromatic heterocycles. The highest BCUT2D eigenvalue weighted by Crippen LogP contribution is 2.16. The molecule has 0 saturated heterocycles. The largest absolute Gasteiger partial charge is 0.497 e. The fourth-order valence-corrected chi connectivity index (χ4v) is 2.92. The maximum Gasteiger partial charge on any atom is 0.275 e. The van der Waals surface area contributed by atoms with Gasteiger partial charge in [-0.1, -0.05) is 30.3 Å². The predicted octanol–water partition coefficient (Wildman–Crippen LogP) is 2.53. The molecule has 3 rings (SSSR count). The summed E-state index contributed by atoms with van der Waals surface area (Å²) in [7, 11) is 3.02. The number of carbonyl (C=O) groups excluding carboxylic acids is 1. The van der Waals surface area contributed by atoms with Crippen molar-refractivity contribution in [1.82, 2.24) is 15.1 Å². The molecule has 0 bridgehead atoms. The normalized spacial score (nSPS) is 10.4. The van der Waals surface area contributed by atoms with Gasteiger partial charge in [0.05, 0.1) is 26.0 Å². The standard InChI is InChI=1S/C22H23N3O4/c1-15-6-4-5-7-18(15)25-20(26)14-19(29-3)21(24-25)22(27)23-13-12-16-8-10-17(28-2)11-9-16/h4-11,14H,12-13H2,1-3H3,(H,23,27). The van der Waals surface area contributed by atoms with Crippen LogP contribution in [0.1, 0.15) is 21.6 Å². The highest BCUT2D eigenvalue weighted by molar-refractivity contribution is 5.94. The van der Waals surface area contributed by atoms with Crippen LogP contribution in [-0.2, 0) is 6.42 Å². The number of carbonyl (C=O) groups is 1. The first kappa shape index (κ1) is 20.1. The molecule has 0 spiro atoms. The minimum absolute atomic E-state index is 0.0603. The highest BCUT2D eigenvalue weighted by atomic mass is 16.5. The van der Waals surface area contributed by atoms with Gasteiger partial charge in [0.2, 0.25) is 0 Å². The number of para-hydroxylation sites is 1. The van der Waals surface area contributed by atoms with Gasteiger partial charge in [0.15, 0.2) is 11.4 Å². The molecule has 0 fully saturated rings. The van der Waals surface area contributed by atoms with Crippen LogP contribution >= 0.6 is 0 Å². The smallest absolute Gasteiger partial charge is 0.275 e. The maximum atomic E-state index is 12.7. The number of hydrogen-bond acceptors (Lipinski definition) is 5. The van der Waals surface area contributed by atoms with Crippen molar-refractivity contribution in [2.24, 2.45) is 0 Å². The van der Waals surface area contributed by atoms with Gasteiger partial charge in [-0.2, -0.15) is 9.78 Å². The molecule has 0 unspecified atom stereocenters. The fraction of sp³-hybridized carbons (Fsp3) is 0.227. The second kappa shape index (κ2) is 9.05. The molecule has 7 nitrogen and oxygen atoms in total. The number of nitrogens with one attached hydrogen (secondary N) is 1. The summed E-state index contributed by atoms with van der Waals surface area (Å²) in [5, 5.41) is 7.11. The summed E-state index contributed by atoms with van der Waals surface area (Å²) in [4.78, 5) is 25.2. The zero-order valence-electron chi connectivity index (χ0n) is 16.6. The monoisotopic (exact) mass is 393 g/mol. The number of ether oxygens (including phenoxy) is 2. The highest BCUT2D eigenvalue weighted by Gasteiger charge is 2.18. The van der Waals surface area contributed by atoms with E-state index in [1.165, 1.54) is 17.9 Å². The van der Waals surface area contributed by atoms with Gasteiger partial charge in [0.1, 0.15) is 5.75 Å². The van der Waals surface area contributed by atoms with E-state index in [1.54, 1.807) is 13.2 Å². The molecule has 29 heavy (non-hydrogen) atoms. The number of amides is 1. The van der Waals surface area contributed by atoms with E-state index >= 15 is 0 Å². The Morgan fingerprint density at radius 2 is 1.79 bits per heavy atom. The summed E-state index contributed by atoms with van der Waals surface area (Å²) in [5.74, 6) is 0.518. The number of nitrogens with zero attached hydrogens (tertiary/aromatic N) is 2. The summed E-state index contributed by atoms with van der Waals surface area (Å²) in [6.45, 7) is 2.29. The van der Waals surface area contributed by atoms with Crippen LogP contribution in [-0.4, -0.2) is 36.5 Å². The molecule has 2 aromatic carbocycles. The van der Waals surface area contributed by atoms with Crippen LogP contribution in [0.5, 0.6) is 11.5 Å². The Balaban J connectivity index is 1.79. The maximum absolute atomic E-state index is 12.7. The quantitative estimate of drug-likeness (QED) is 0.667. The van der Waals surface area contributed by atoms with E-state index < -0.39 is 5.91 Å². The summed E-state index contributed by atoms with van der Waals surface area (Å²) in [6.07, 6.45) is 0.648. The lowest BCUT2D eigenvalue weighted by Crippen LogP contribution is -2.31. The molecule has 1 amide bonds. The summed E-state index contributed by atoms with van der Waals surface area (Å²) >= 11 is 0. The van der Waals surface area contributed by atoms with Crippen LogP contribution in [0.3, 0.4) is 0 Å². The van der Waals surface area contributed by atoms with Crippen molar-refractivity contribution in [3.05, 3.63) is 81.8 Å². The lowest BCUT2D eigenvalue weighted by atomic mass is 10.1. The van der Waals surface area contributed by atoms with E-state index in [4.69, 9.17) is 9.47 Å². The van der Waals surface area contributed by atoms with Crippen molar-refractivity contribution in [3.8, 4) is 17.2 Å². The Morgan fingerprint density at radius 1 is 1.07 bits per heavy atom. The molecule has 1 N–H and O–H groups in total. The van der Waals surface area contributed by atoms with Gasteiger partial charge in [0, 0.05) is 6.54 Å². The average Bonchev–Trinajstić information content (AvgIpc) is 2.74. The van der Waals surface area contributed by atoms with Gasteiger partial charge in [-0.05, 0) is 42.7 Å². The fourth-order valence-electron chi connectivity index (χ4n) is 2.92. The third kappa shape index (κ3) is 4.63. The van der Waals surface area contributed by atoms with Gasteiger partial charge >= 0.3 is 0 Å². The van der Waals surface area contributed by atoms with Gasteiger partial charge in [-0.25, -0.2) is 0 Å². The first-order chi connectivity index (χ1) is 14.0. The van der Waals surface area contributed by atoms with E-state index in [0.29, 0.717) is 18.7 Å². The third-order valence-corrected chi connectivity index (χ3v) is 4.53. The van der Waals surface area contributed by atoms with Crippen LogP contribution in [0.25, 0.3) is 5.69 Å². The Hall–Kier alpha value is -3.61. The third-order valence-electron chi connectivity index (χ3n) is 4.53. The van der Waals surface area contributed by atoms with Gasteiger partial charge in [-0.15, -0.1) is 0 Å². The van der Waals surface area contributed by atoms with Crippen molar-refractivity contribution in [2.75, 3.05) is 20.8 Å². The Morgan fingerprint density at radius 3 is 2.45 bits per heavy atom. The van der Waals surface area contributed by atoms with Crippen LogP contribution in [0, 0.1) is 6.92 Å². The Bertz CT molecular complexity index is 1060. The van der Waals surface area contributed by atoms with Crippen molar-refractivity contribution in [1.29, 1.82) is 0 Å². The van der Waals surface area contributed by atoms with E-state index in [0.717, 1.165) is 16.9 Å². The molecule has 0 radical (unpaired) electrons. The molecule has 7 heteroatoms. The minimum Gasteiger partial charge on any atom is -0.497 e. The van der Waals surface area contributed by atoms with Crippen molar-refractivity contribution < 1.29 is 14.3 Å². The first-order valence-electron chi connectivity index (χ1n) is 9.19.